The molecule has 0 aliphatic carbocycles. The summed E-state index contributed by atoms with van der Waals surface area (Å²) in [6.07, 6.45) is 1.05. The van der Waals surface area contributed by atoms with Gasteiger partial charge < -0.3 is 15.0 Å². The van der Waals surface area contributed by atoms with Crippen LogP contribution in [-0.4, -0.2) is 50.9 Å². The van der Waals surface area contributed by atoms with Crippen molar-refractivity contribution < 1.29 is 22.7 Å². The van der Waals surface area contributed by atoms with Crippen LogP contribution in [0.4, 0.5) is 5.69 Å². The molecule has 8 nitrogen and oxygen atoms in total. The molecule has 220 valence electrons. The summed E-state index contributed by atoms with van der Waals surface area (Å²) in [5.41, 5.74) is 1.84. The molecule has 2 atom stereocenters. The minimum atomic E-state index is -4.16. The largest absolute Gasteiger partial charge is 0.497 e. The lowest BCUT2D eigenvalue weighted by Gasteiger charge is -2.34. The van der Waals surface area contributed by atoms with E-state index in [-0.39, 0.29) is 29.1 Å². The first-order chi connectivity index (χ1) is 19.5. The summed E-state index contributed by atoms with van der Waals surface area (Å²) >= 11 is 6.45. The molecule has 0 saturated carbocycles. The molecule has 0 spiro atoms. The second kappa shape index (κ2) is 14.4. The summed E-state index contributed by atoms with van der Waals surface area (Å²) in [5, 5.41) is 3.41. The standard InChI is InChI=1S/C31H38ClN3O5S/c1-6-23(4)33-31(37)29(7-2)34(20-24-10-8-9-11-28(24)32)30(36)21-35(25-14-16-26(40-5)17-15-25)41(38,39)27-18-12-22(3)13-19-27/h8-19,23,29H,6-7,20-21H2,1-5H3,(H,33,37)/t23-,29-/m1/s1. The number of methoxy groups -OCH3 is 1. The van der Waals surface area contributed by atoms with Crippen LogP contribution in [0.5, 0.6) is 5.75 Å². The Morgan fingerprint density at radius 3 is 2.15 bits per heavy atom. The van der Waals surface area contributed by atoms with Crippen LogP contribution < -0.4 is 14.4 Å². The highest BCUT2D eigenvalue weighted by Crippen LogP contribution is 2.27. The summed E-state index contributed by atoms with van der Waals surface area (Å²) in [7, 11) is -2.64. The van der Waals surface area contributed by atoms with Gasteiger partial charge in [-0.2, -0.15) is 0 Å². The molecule has 0 fully saturated rings. The average Bonchev–Trinajstić information content (AvgIpc) is 2.96. The zero-order valence-electron chi connectivity index (χ0n) is 24.1. The summed E-state index contributed by atoms with van der Waals surface area (Å²) < 4.78 is 34.2. The van der Waals surface area contributed by atoms with E-state index in [9.17, 15) is 18.0 Å². The van der Waals surface area contributed by atoms with Crippen molar-refractivity contribution in [3.63, 3.8) is 0 Å². The van der Waals surface area contributed by atoms with Crippen LogP contribution in [-0.2, 0) is 26.2 Å². The number of carbonyl (C=O) groups is 2. The van der Waals surface area contributed by atoms with E-state index in [4.69, 9.17) is 16.3 Å². The number of carbonyl (C=O) groups excluding carboxylic acids is 2. The molecule has 0 radical (unpaired) electrons. The number of aryl methyl sites for hydroxylation is 1. The molecule has 0 unspecified atom stereocenters. The Kier molecular flexibility index (Phi) is 11.2. The fourth-order valence-corrected chi connectivity index (χ4v) is 5.90. The molecule has 41 heavy (non-hydrogen) atoms. The molecular formula is C31H38ClN3O5S. The molecule has 3 rings (SSSR count). The highest BCUT2D eigenvalue weighted by molar-refractivity contribution is 7.92. The van der Waals surface area contributed by atoms with Gasteiger partial charge in [-0.1, -0.05) is 61.3 Å². The molecule has 0 bridgehead atoms. The number of anilines is 1. The van der Waals surface area contributed by atoms with E-state index in [0.29, 0.717) is 22.8 Å². The van der Waals surface area contributed by atoms with Gasteiger partial charge in [-0.3, -0.25) is 13.9 Å². The maximum atomic E-state index is 14.1. The third kappa shape index (κ3) is 8.01. The monoisotopic (exact) mass is 599 g/mol. The smallest absolute Gasteiger partial charge is 0.264 e. The maximum Gasteiger partial charge on any atom is 0.264 e. The first kappa shape index (κ1) is 32.0. The maximum absolute atomic E-state index is 14.1. The average molecular weight is 600 g/mol. The predicted octanol–water partition coefficient (Wildman–Crippen LogP) is 5.57. The van der Waals surface area contributed by atoms with Crippen molar-refractivity contribution in [2.45, 2.75) is 64.1 Å². The lowest BCUT2D eigenvalue weighted by molar-refractivity contribution is -0.140. The van der Waals surface area contributed by atoms with Gasteiger partial charge in [0.15, 0.2) is 0 Å². The number of hydrogen-bond acceptors (Lipinski definition) is 5. The minimum Gasteiger partial charge on any atom is -0.497 e. The van der Waals surface area contributed by atoms with Gasteiger partial charge in [-0.05, 0) is 74.7 Å². The van der Waals surface area contributed by atoms with Gasteiger partial charge in [-0.25, -0.2) is 8.42 Å². The first-order valence-corrected chi connectivity index (χ1v) is 15.4. The van der Waals surface area contributed by atoms with Crippen molar-refractivity contribution >= 4 is 39.1 Å². The number of hydrogen-bond donors (Lipinski definition) is 1. The number of halogens is 1. The molecule has 1 N–H and O–H groups in total. The van der Waals surface area contributed by atoms with Gasteiger partial charge in [-0.15, -0.1) is 0 Å². The molecule has 0 aliphatic heterocycles. The zero-order chi connectivity index (χ0) is 30.2. The lowest BCUT2D eigenvalue weighted by atomic mass is 10.1. The third-order valence-electron chi connectivity index (χ3n) is 6.93. The second-order valence-electron chi connectivity index (χ2n) is 9.88. The van der Waals surface area contributed by atoms with E-state index in [1.54, 1.807) is 60.7 Å². The first-order valence-electron chi connectivity index (χ1n) is 13.6. The van der Waals surface area contributed by atoms with Crippen molar-refractivity contribution in [1.82, 2.24) is 10.2 Å². The molecule has 3 aromatic carbocycles. The summed E-state index contributed by atoms with van der Waals surface area (Å²) in [5.74, 6) is -0.303. The molecule has 0 saturated heterocycles. The van der Waals surface area contributed by atoms with Crippen LogP contribution in [0.3, 0.4) is 0 Å². The van der Waals surface area contributed by atoms with Gasteiger partial charge in [0.25, 0.3) is 10.0 Å². The summed E-state index contributed by atoms with van der Waals surface area (Å²) in [4.78, 5) is 29.0. The van der Waals surface area contributed by atoms with Crippen LogP contribution in [0.1, 0.15) is 44.7 Å². The van der Waals surface area contributed by atoms with Crippen LogP contribution in [0.15, 0.2) is 77.7 Å². The summed E-state index contributed by atoms with van der Waals surface area (Å²) in [6, 6.07) is 19.0. The Morgan fingerprint density at radius 1 is 0.951 bits per heavy atom. The number of nitrogens with one attached hydrogen (secondary N) is 1. The number of benzene rings is 3. The topological polar surface area (TPSA) is 96.0 Å². The zero-order valence-corrected chi connectivity index (χ0v) is 25.7. The molecule has 0 aromatic heterocycles. The van der Waals surface area contributed by atoms with Gasteiger partial charge in [0, 0.05) is 17.6 Å². The Morgan fingerprint density at radius 2 is 1.59 bits per heavy atom. The SMILES string of the molecule is CC[C@@H](C)NC(=O)[C@@H](CC)N(Cc1ccccc1Cl)C(=O)CN(c1ccc(OC)cc1)S(=O)(=O)c1ccc(C)cc1. The van der Waals surface area contributed by atoms with Crippen molar-refractivity contribution in [3.8, 4) is 5.75 Å². The highest BCUT2D eigenvalue weighted by Gasteiger charge is 2.34. The quantitative estimate of drug-likeness (QED) is 0.277. The van der Waals surface area contributed by atoms with E-state index in [2.05, 4.69) is 5.32 Å². The molecule has 10 heteroatoms. The Balaban J connectivity index is 2.07. The number of sulfonamides is 1. The second-order valence-corrected chi connectivity index (χ2v) is 12.1. The van der Waals surface area contributed by atoms with E-state index < -0.39 is 28.5 Å². The highest BCUT2D eigenvalue weighted by atomic mass is 35.5. The number of nitrogens with zero attached hydrogens (tertiary/aromatic N) is 2. The Labute approximate surface area is 248 Å². The minimum absolute atomic E-state index is 0.0337. The van der Waals surface area contributed by atoms with Crippen molar-refractivity contribution in [1.29, 1.82) is 0 Å². The fourth-order valence-electron chi connectivity index (χ4n) is 4.29. The van der Waals surface area contributed by atoms with Crippen LogP contribution in [0.2, 0.25) is 5.02 Å². The van der Waals surface area contributed by atoms with Crippen molar-refractivity contribution in [2.24, 2.45) is 0 Å². The fraction of sp³-hybridized carbons (Fsp3) is 0.355. The Bertz CT molecular complexity index is 1430. The normalized spacial score (nSPS) is 12.7. The predicted molar refractivity (Wildman–Crippen MR) is 163 cm³/mol. The third-order valence-corrected chi connectivity index (χ3v) is 9.09. The molecule has 3 aromatic rings. The van der Waals surface area contributed by atoms with Crippen LogP contribution in [0, 0.1) is 6.92 Å². The van der Waals surface area contributed by atoms with E-state index in [0.717, 1.165) is 16.3 Å². The molecule has 0 aliphatic rings. The number of rotatable bonds is 13. The summed E-state index contributed by atoms with van der Waals surface area (Å²) in [6.45, 7) is 7.04. The van der Waals surface area contributed by atoms with E-state index in [1.807, 2.05) is 27.7 Å². The molecule has 0 heterocycles. The molecular weight excluding hydrogens is 562 g/mol. The number of amides is 2. The van der Waals surface area contributed by atoms with Crippen molar-refractivity contribution in [3.05, 3.63) is 88.9 Å². The number of ether oxygens (including phenoxy) is 1. The Hall–Kier alpha value is -3.56. The van der Waals surface area contributed by atoms with Gasteiger partial charge >= 0.3 is 0 Å². The van der Waals surface area contributed by atoms with Gasteiger partial charge in [0.1, 0.15) is 18.3 Å². The molecule has 2 amide bonds. The van der Waals surface area contributed by atoms with E-state index in [1.165, 1.54) is 24.1 Å². The van der Waals surface area contributed by atoms with Crippen LogP contribution >= 0.6 is 11.6 Å². The lowest BCUT2D eigenvalue weighted by Crippen LogP contribution is -2.53. The van der Waals surface area contributed by atoms with Gasteiger partial charge in [0.2, 0.25) is 11.8 Å². The van der Waals surface area contributed by atoms with Crippen LogP contribution in [0.25, 0.3) is 0 Å². The van der Waals surface area contributed by atoms with E-state index >= 15 is 0 Å². The van der Waals surface area contributed by atoms with Gasteiger partial charge in [0.05, 0.1) is 17.7 Å². The van der Waals surface area contributed by atoms with Crippen molar-refractivity contribution in [2.75, 3.05) is 18.0 Å².